The van der Waals surface area contributed by atoms with E-state index in [4.69, 9.17) is 5.11 Å². The molecule has 1 unspecified atom stereocenters. The monoisotopic (exact) mass is 268 g/mol. The molecule has 0 aliphatic carbocycles. The number of hydrogen-bond acceptors (Lipinski definition) is 1. The molecule has 1 N–H and O–H groups in total. The second kappa shape index (κ2) is 6.38. The lowest BCUT2D eigenvalue weighted by atomic mass is 9.91. The van der Waals surface area contributed by atoms with Gasteiger partial charge in [0.05, 0.1) is 6.42 Å². The predicted octanol–water partition coefficient (Wildman–Crippen LogP) is 4.63. The largest absolute Gasteiger partial charge is 0.481 e. The summed E-state index contributed by atoms with van der Waals surface area (Å²) in [6.45, 7) is 4.11. The lowest BCUT2D eigenvalue weighted by Gasteiger charge is -2.13. The molecule has 0 heterocycles. The van der Waals surface area contributed by atoms with Gasteiger partial charge in [-0.1, -0.05) is 61.0 Å². The standard InChI is InChI=1S/C18H20O2/c1-3-14(12-18(19)20)15-7-9-16(10-8-15)17-6-4-5-13(2)11-17/h4-11,14H,3,12H2,1-2H3,(H,19,20). The molecule has 0 saturated carbocycles. The first-order valence-electron chi connectivity index (χ1n) is 6.99. The van der Waals surface area contributed by atoms with Gasteiger partial charge in [-0.25, -0.2) is 0 Å². The maximum atomic E-state index is 10.9. The number of aryl methyl sites for hydroxylation is 1. The second-order valence-electron chi connectivity index (χ2n) is 5.19. The van der Waals surface area contributed by atoms with Gasteiger partial charge in [0.1, 0.15) is 0 Å². The van der Waals surface area contributed by atoms with Crippen LogP contribution in [0.25, 0.3) is 11.1 Å². The molecule has 1 atom stereocenters. The quantitative estimate of drug-likeness (QED) is 0.858. The van der Waals surface area contributed by atoms with E-state index >= 15 is 0 Å². The van der Waals surface area contributed by atoms with Crippen molar-refractivity contribution in [3.05, 3.63) is 59.7 Å². The first kappa shape index (κ1) is 14.3. The van der Waals surface area contributed by atoms with E-state index in [1.165, 1.54) is 16.7 Å². The van der Waals surface area contributed by atoms with Crippen LogP contribution in [0.5, 0.6) is 0 Å². The van der Waals surface area contributed by atoms with Crippen LogP contribution >= 0.6 is 0 Å². The van der Waals surface area contributed by atoms with Gasteiger partial charge in [-0.2, -0.15) is 0 Å². The van der Waals surface area contributed by atoms with Crippen LogP contribution in [0, 0.1) is 6.92 Å². The SMILES string of the molecule is CCC(CC(=O)O)c1ccc(-c2cccc(C)c2)cc1. The molecule has 0 spiro atoms. The molecule has 0 aliphatic heterocycles. The van der Waals surface area contributed by atoms with Crippen molar-refractivity contribution in [3.8, 4) is 11.1 Å². The number of aliphatic carboxylic acids is 1. The Balaban J connectivity index is 2.23. The number of carbonyl (C=O) groups is 1. The Morgan fingerprint density at radius 1 is 1.10 bits per heavy atom. The zero-order valence-electron chi connectivity index (χ0n) is 12.0. The first-order valence-corrected chi connectivity index (χ1v) is 6.99. The van der Waals surface area contributed by atoms with Crippen LogP contribution < -0.4 is 0 Å². The van der Waals surface area contributed by atoms with Crippen molar-refractivity contribution in [1.29, 1.82) is 0 Å². The fraction of sp³-hybridized carbons (Fsp3) is 0.278. The molecule has 2 aromatic rings. The van der Waals surface area contributed by atoms with Gasteiger partial charge in [0.2, 0.25) is 0 Å². The van der Waals surface area contributed by atoms with E-state index < -0.39 is 5.97 Å². The number of carboxylic acid groups (broad SMARTS) is 1. The fourth-order valence-corrected chi connectivity index (χ4v) is 2.48. The van der Waals surface area contributed by atoms with Crippen molar-refractivity contribution >= 4 is 5.97 Å². The van der Waals surface area contributed by atoms with Crippen molar-refractivity contribution in [2.24, 2.45) is 0 Å². The van der Waals surface area contributed by atoms with Crippen molar-refractivity contribution in [2.45, 2.75) is 32.6 Å². The van der Waals surface area contributed by atoms with Gasteiger partial charge in [0, 0.05) is 0 Å². The highest BCUT2D eigenvalue weighted by Crippen LogP contribution is 2.27. The predicted molar refractivity (Wildman–Crippen MR) is 81.9 cm³/mol. The van der Waals surface area contributed by atoms with E-state index in [-0.39, 0.29) is 12.3 Å². The summed E-state index contributed by atoms with van der Waals surface area (Å²) < 4.78 is 0. The van der Waals surface area contributed by atoms with Gasteiger partial charge in [-0.05, 0) is 36.0 Å². The highest BCUT2D eigenvalue weighted by Gasteiger charge is 2.13. The average molecular weight is 268 g/mol. The van der Waals surface area contributed by atoms with Crippen LogP contribution in [0.4, 0.5) is 0 Å². The lowest BCUT2D eigenvalue weighted by Crippen LogP contribution is -2.05. The van der Waals surface area contributed by atoms with Crippen molar-refractivity contribution in [2.75, 3.05) is 0 Å². The lowest BCUT2D eigenvalue weighted by molar-refractivity contribution is -0.137. The first-order chi connectivity index (χ1) is 9.60. The van der Waals surface area contributed by atoms with Crippen LogP contribution in [-0.2, 0) is 4.79 Å². The second-order valence-corrected chi connectivity index (χ2v) is 5.19. The number of rotatable bonds is 5. The Bertz CT molecular complexity index is 585. The summed E-state index contributed by atoms with van der Waals surface area (Å²) in [6.07, 6.45) is 1.04. The highest BCUT2D eigenvalue weighted by molar-refractivity contribution is 5.68. The molecule has 0 amide bonds. The maximum absolute atomic E-state index is 10.9. The third-order valence-electron chi connectivity index (χ3n) is 3.65. The van der Waals surface area contributed by atoms with E-state index in [0.717, 1.165) is 12.0 Å². The fourth-order valence-electron chi connectivity index (χ4n) is 2.48. The summed E-state index contributed by atoms with van der Waals surface area (Å²) >= 11 is 0. The third-order valence-corrected chi connectivity index (χ3v) is 3.65. The summed E-state index contributed by atoms with van der Waals surface area (Å²) in [6, 6.07) is 16.6. The minimum absolute atomic E-state index is 0.0964. The van der Waals surface area contributed by atoms with Gasteiger partial charge in [0.15, 0.2) is 0 Å². The molecular formula is C18H20O2. The topological polar surface area (TPSA) is 37.3 Å². The highest BCUT2D eigenvalue weighted by atomic mass is 16.4. The van der Waals surface area contributed by atoms with Crippen LogP contribution in [-0.4, -0.2) is 11.1 Å². The van der Waals surface area contributed by atoms with Crippen molar-refractivity contribution in [1.82, 2.24) is 0 Å². The molecular weight excluding hydrogens is 248 g/mol. The number of benzene rings is 2. The van der Waals surface area contributed by atoms with Gasteiger partial charge in [-0.3, -0.25) is 4.79 Å². The zero-order valence-corrected chi connectivity index (χ0v) is 12.0. The van der Waals surface area contributed by atoms with Crippen molar-refractivity contribution in [3.63, 3.8) is 0 Å². The van der Waals surface area contributed by atoms with Gasteiger partial charge < -0.3 is 5.11 Å². The Labute approximate surface area is 120 Å². The maximum Gasteiger partial charge on any atom is 0.303 e. The van der Waals surface area contributed by atoms with Gasteiger partial charge >= 0.3 is 5.97 Å². The molecule has 104 valence electrons. The van der Waals surface area contributed by atoms with E-state index in [2.05, 4.69) is 55.5 Å². The van der Waals surface area contributed by atoms with Crippen LogP contribution in [0.2, 0.25) is 0 Å². The number of hydrogen-bond donors (Lipinski definition) is 1. The van der Waals surface area contributed by atoms with Crippen LogP contribution in [0.3, 0.4) is 0 Å². The molecule has 0 bridgehead atoms. The van der Waals surface area contributed by atoms with Crippen LogP contribution in [0.15, 0.2) is 48.5 Å². The third kappa shape index (κ3) is 3.47. The molecule has 0 saturated heterocycles. The molecule has 2 rings (SSSR count). The van der Waals surface area contributed by atoms with E-state index in [1.807, 2.05) is 6.92 Å². The Hall–Kier alpha value is -2.09. The molecule has 2 heteroatoms. The average Bonchev–Trinajstić information content (AvgIpc) is 2.45. The summed E-state index contributed by atoms with van der Waals surface area (Å²) in [5.74, 6) is -0.640. The van der Waals surface area contributed by atoms with Gasteiger partial charge in [-0.15, -0.1) is 0 Å². The minimum Gasteiger partial charge on any atom is -0.481 e. The Kier molecular flexibility index (Phi) is 4.57. The summed E-state index contributed by atoms with van der Waals surface area (Å²) in [7, 11) is 0. The van der Waals surface area contributed by atoms with E-state index in [0.29, 0.717) is 0 Å². The van der Waals surface area contributed by atoms with E-state index in [9.17, 15) is 4.79 Å². The molecule has 0 aromatic heterocycles. The van der Waals surface area contributed by atoms with Gasteiger partial charge in [0.25, 0.3) is 0 Å². The Morgan fingerprint density at radius 3 is 2.35 bits per heavy atom. The summed E-state index contributed by atoms with van der Waals surface area (Å²) in [4.78, 5) is 10.9. The molecule has 2 aromatic carbocycles. The smallest absolute Gasteiger partial charge is 0.303 e. The normalized spacial score (nSPS) is 12.1. The number of carboxylic acids is 1. The zero-order chi connectivity index (χ0) is 14.5. The minimum atomic E-state index is -0.736. The summed E-state index contributed by atoms with van der Waals surface area (Å²) in [5, 5.41) is 8.94. The Morgan fingerprint density at radius 2 is 1.80 bits per heavy atom. The van der Waals surface area contributed by atoms with Crippen molar-refractivity contribution < 1.29 is 9.90 Å². The van der Waals surface area contributed by atoms with Crippen LogP contribution in [0.1, 0.15) is 36.8 Å². The molecule has 0 fully saturated rings. The van der Waals surface area contributed by atoms with E-state index in [1.54, 1.807) is 0 Å². The molecule has 2 nitrogen and oxygen atoms in total. The molecule has 0 aliphatic rings. The summed E-state index contributed by atoms with van der Waals surface area (Å²) in [5.41, 5.74) is 4.71. The molecule has 20 heavy (non-hydrogen) atoms. The molecule has 0 radical (unpaired) electrons.